The first-order valence-electron chi connectivity index (χ1n) is 2.97. The molecule has 0 aromatic rings. The van der Waals surface area contributed by atoms with Gasteiger partial charge in [0.25, 0.3) is 0 Å². The van der Waals surface area contributed by atoms with Gasteiger partial charge in [0, 0.05) is 0 Å². The maximum Gasteiger partial charge on any atom is 0.0873 e. The third kappa shape index (κ3) is 5.54. The molecular weight excluding hydrogens is 100 g/mol. The van der Waals surface area contributed by atoms with E-state index in [1.165, 1.54) is 0 Å². The summed E-state index contributed by atoms with van der Waals surface area (Å²) >= 11 is 0. The first-order valence-corrected chi connectivity index (χ1v) is 2.97. The second kappa shape index (κ2) is 6.54. The van der Waals surface area contributed by atoms with Crippen LogP contribution >= 0.6 is 0 Å². The SMILES string of the molecule is [CH2]CCOC=CCC. The van der Waals surface area contributed by atoms with E-state index in [0.717, 1.165) is 19.4 Å². The Morgan fingerprint density at radius 3 is 2.88 bits per heavy atom. The molecule has 0 unspecified atom stereocenters. The van der Waals surface area contributed by atoms with Crippen LogP contribution in [0.15, 0.2) is 12.3 Å². The van der Waals surface area contributed by atoms with Crippen LogP contribution < -0.4 is 0 Å². The molecule has 0 N–H and O–H groups in total. The Balaban J connectivity index is 2.80. The lowest BCUT2D eigenvalue weighted by Gasteiger charge is -1.92. The molecule has 0 aromatic carbocycles. The fraction of sp³-hybridized carbons (Fsp3) is 0.571. The monoisotopic (exact) mass is 113 g/mol. The van der Waals surface area contributed by atoms with Gasteiger partial charge in [-0.3, -0.25) is 0 Å². The van der Waals surface area contributed by atoms with E-state index in [2.05, 4.69) is 13.8 Å². The third-order valence-corrected chi connectivity index (χ3v) is 0.690. The topological polar surface area (TPSA) is 9.23 Å². The summed E-state index contributed by atoms with van der Waals surface area (Å²) < 4.78 is 4.98. The van der Waals surface area contributed by atoms with E-state index in [0.29, 0.717) is 0 Å². The highest BCUT2D eigenvalue weighted by Crippen LogP contribution is 1.83. The summed E-state index contributed by atoms with van der Waals surface area (Å²) in [5.41, 5.74) is 0. The zero-order valence-electron chi connectivity index (χ0n) is 5.39. The van der Waals surface area contributed by atoms with Gasteiger partial charge in [-0.25, -0.2) is 0 Å². The van der Waals surface area contributed by atoms with Gasteiger partial charge in [0.15, 0.2) is 0 Å². The lowest BCUT2D eigenvalue weighted by atomic mass is 10.5. The Labute approximate surface area is 51.4 Å². The molecule has 0 saturated heterocycles. The van der Waals surface area contributed by atoms with Gasteiger partial charge in [-0.1, -0.05) is 13.0 Å². The lowest BCUT2D eigenvalue weighted by Crippen LogP contribution is -1.81. The average Bonchev–Trinajstić information content (AvgIpc) is 1.81. The van der Waals surface area contributed by atoms with Crippen molar-refractivity contribution in [1.29, 1.82) is 0 Å². The van der Waals surface area contributed by atoms with Gasteiger partial charge in [0.2, 0.25) is 0 Å². The Morgan fingerprint density at radius 2 is 2.38 bits per heavy atom. The molecule has 0 aromatic heterocycles. The molecule has 0 rings (SSSR count). The quantitative estimate of drug-likeness (QED) is 0.401. The molecule has 0 aliphatic rings. The minimum Gasteiger partial charge on any atom is -0.502 e. The van der Waals surface area contributed by atoms with Gasteiger partial charge in [-0.2, -0.15) is 0 Å². The zero-order chi connectivity index (χ0) is 6.24. The maximum atomic E-state index is 4.98. The fourth-order valence-corrected chi connectivity index (χ4v) is 0.316. The molecule has 8 heavy (non-hydrogen) atoms. The van der Waals surface area contributed by atoms with E-state index in [-0.39, 0.29) is 0 Å². The van der Waals surface area contributed by atoms with Crippen LogP contribution in [0.5, 0.6) is 0 Å². The van der Waals surface area contributed by atoms with Crippen molar-refractivity contribution in [3.05, 3.63) is 19.3 Å². The van der Waals surface area contributed by atoms with Crippen LogP contribution in [0.2, 0.25) is 0 Å². The van der Waals surface area contributed by atoms with Crippen molar-refractivity contribution in [2.45, 2.75) is 19.8 Å². The van der Waals surface area contributed by atoms with Crippen LogP contribution in [0.25, 0.3) is 0 Å². The molecule has 0 aliphatic carbocycles. The normalized spacial score (nSPS) is 10.2. The minimum atomic E-state index is 0.733. The number of ether oxygens (including phenoxy) is 1. The molecule has 0 spiro atoms. The molecule has 1 nitrogen and oxygen atoms in total. The summed E-state index contributed by atoms with van der Waals surface area (Å²) in [6.07, 6.45) is 5.59. The molecule has 0 amide bonds. The number of rotatable bonds is 4. The van der Waals surface area contributed by atoms with Crippen LogP contribution in [-0.2, 0) is 4.74 Å². The van der Waals surface area contributed by atoms with Gasteiger partial charge in [-0.15, -0.1) is 0 Å². The number of allylic oxidation sites excluding steroid dienone is 1. The van der Waals surface area contributed by atoms with Crippen molar-refractivity contribution in [3.8, 4) is 0 Å². The molecule has 0 atom stereocenters. The Kier molecular flexibility index (Phi) is 6.16. The van der Waals surface area contributed by atoms with E-state index < -0.39 is 0 Å². The summed E-state index contributed by atoms with van der Waals surface area (Å²) in [4.78, 5) is 0. The average molecular weight is 113 g/mol. The summed E-state index contributed by atoms with van der Waals surface area (Å²) in [6, 6.07) is 0. The minimum absolute atomic E-state index is 0.733. The molecule has 0 heterocycles. The van der Waals surface area contributed by atoms with Crippen molar-refractivity contribution in [2.75, 3.05) is 6.61 Å². The van der Waals surface area contributed by atoms with Crippen LogP contribution in [0.4, 0.5) is 0 Å². The maximum absolute atomic E-state index is 4.98. The molecule has 0 saturated carbocycles. The van der Waals surface area contributed by atoms with E-state index in [4.69, 9.17) is 4.74 Å². The third-order valence-electron chi connectivity index (χ3n) is 0.690. The van der Waals surface area contributed by atoms with Crippen LogP contribution in [0, 0.1) is 6.92 Å². The van der Waals surface area contributed by atoms with Gasteiger partial charge in [-0.05, 0) is 19.8 Å². The highest BCUT2D eigenvalue weighted by Gasteiger charge is 1.72. The standard InChI is InChI=1S/C7H13O/c1-3-5-7-8-6-4-2/h5,7H,2-4,6H2,1H3. The van der Waals surface area contributed by atoms with Gasteiger partial charge in [0.1, 0.15) is 0 Å². The van der Waals surface area contributed by atoms with E-state index in [1.807, 2.05) is 6.08 Å². The Morgan fingerprint density at radius 1 is 1.62 bits per heavy atom. The molecule has 0 aliphatic heterocycles. The second-order valence-electron chi connectivity index (χ2n) is 1.50. The Bertz CT molecular complexity index is 57.4. The molecule has 1 radical (unpaired) electrons. The van der Waals surface area contributed by atoms with E-state index >= 15 is 0 Å². The summed E-state index contributed by atoms with van der Waals surface area (Å²) in [6.45, 7) is 6.43. The van der Waals surface area contributed by atoms with E-state index in [9.17, 15) is 0 Å². The zero-order valence-corrected chi connectivity index (χ0v) is 5.39. The predicted molar refractivity (Wildman–Crippen MR) is 35.4 cm³/mol. The summed E-state index contributed by atoms with van der Waals surface area (Å²) in [5, 5.41) is 0. The first kappa shape index (κ1) is 7.54. The summed E-state index contributed by atoms with van der Waals surface area (Å²) in [5.74, 6) is 0. The largest absolute Gasteiger partial charge is 0.502 e. The first-order chi connectivity index (χ1) is 3.91. The predicted octanol–water partition coefficient (Wildman–Crippen LogP) is 2.15. The van der Waals surface area contributed by atoms with Gasteiger partial charge in [0.05, 0.1) is 12.9 Å². The van der Waals surface area contributed by atoms with Crippen LogP contribution in [0.1, 0.15) is 19.8 Å². The Hall–Kier alpha value is -0.460. The fourth-order valence-electron chi connectivity index (χ4n) is 0.316. The molecule has 0 bridgehead atoms. The van der Waals surface area contributed by atoms with Gasteiger partial charge < -0.3 is 4.74 Å². The van der Waals surface area contributed by atoms with Crippen molar-refractivity contribution in [1.82, 2.24) is 0 Å². The van der Waals surface area contributed by atoms with Crippen LogP contribution in [-0.4, -0.2) is 6.61 Å². The van der Waals surface area contributed by atoms with Gasteiger partial charge >= 0.3 is 0 Å². The number of hydrogen-bond donors (Lipinski definition) is 0. The molecule has 0 fully saturated rings. The highest BCUT2D eigenvalue weighted by atomic mass is 16.5. The summed E-state index contributed by atoms with van der Waals surface area (Å²) in [7, 11) is 0. The van der Waals surface area contributed by atoms with Crippen molar-refractivity contribution in [3.63, 3.8) is 0 Å². The lowest BCUT2D eigenvalue weighted by molar-refractivity contribution is 0.254. The molecule has 1 heteroatoms. The smallest absolute Gasteiger partial charge is 0.0873 e. The van der Waals surface area contributed by atoms with Crippen molar-refractivity contribution < 1.29 is 4.74 Å². The van der Waals surface area contributed by atoms with E-state index in [1.54, 1.807) is 6.26 Å². The van der Waals surface area contributed by atoms with Crippen molar-refractivity contribution >= 4 is 0 Å². The highest BCUT2D eigenvalue weighted by molar-refractivity contribution is 4.70. The van der Waals surface area contributed by atoms with Crippen molar-refractivity contribution in [2.24, 2.45) is 0 Å². The second-order valence-corrected chi connectivity index (χ2v) is 1.50. The molecular formula is C7H13O. The van der Waals surface area contributed by atoms with Crippen LogP contribution in [0.3, 0.4) is 0 Å². The number of hydrogen-bond acceptors (Lipinski definition) is 1. The molecule has 47 valence electrons.